The first kappa shape index (κ1) is 8.17. The Kier molecular flexibility index (Phi) is 8.37. The van der Waals surface area contributed by atoms with Gasteiger partial charge in [0.1, 0.15) is 0 Å². The van der Waals surface area contributed by atoms with Gasteiger partial charge in [0.15, 0.2) is 0 Å². The fourth-order valence-corrected chi connectivity index (χ4v) is 1.93. The molecule has 0 fully saturated rings. The molecular weight excluding hydrogens is 288 g/mol. The van der Waals surface area contributed by atoms with Crippen LogP contribution in [0.3, 0.4) is 0 Å². The third kappa shape index (κ3) is 7.17. The monoisotopic (exact) mass is 300 g/mol. The Morgan fingerprint density at radius 1 is 1.43 bits per heavy atom. The molecule has 0 aromatic heterocycles. The number of hydrogen-bond donors (Lipinski definition) is 0. The Hall–Kier alpha value is 1.17. The van der Waals surface area contributed by atoms with E-state index in [4.69, 9.17) is 0 Å². The second-order valence-corrected chi connectivity index (χ2v) is 4.57. The van der Waals surface area contributed by atoms with Gasteiger partial charge in [0.2, 0.25) is 0 Å². The molecule has 0 saturated carbocycles. The van der Waals surface area contributed by atoms with Crippen molar-refractivity contribution in [1.82, 2.24) is 0 Å². The standard InChI is InChI=1S/C5H12P.Au/c1-2-3-4-5-6;/h6H,2-5H2,1H3;/q-1;+1. The molecule has 0 aliphatic heterocycles. The Labute approximate surface area is 59.6 Å². The fourth-order valence-electron chi connectivity index (χ4n) is 0.428. The van der Waals surface area contributed by atoms with E-state index in [0.717, 1.165) is 6.47 Å². The molecule has 0 aliphatic rings. The summed E-state index contributed by atoms with van der Waals surface area (Å²) >= 11 is 2.61. The summed E-state index contributed by atoms with van der Waals surface area (Å²) in [5.41, 5.74) is 0. The number of rotatable bonds is 4. The molecular formula is C5H12AuP. The number of unbranched alkanes of at least 4 members (excludes halogenated alkanes) is 2. The van der Waals surface area contributed by atoms with Gasteiger partial charge >= 0.3 is 59.4 Å². The van der Waals surface area contributed by atoms with Crippen molar-refractivity contribution in [2.75, 3.05) is 6.16 Å². The van der Waals surface area contributed by atoms with Crippen LogP contribution in [0.25, 0.3) is 0 Å². The molecule has 1 atom stereocenters. The molecule has 0 N–H and O–H groups in total. The Morgan fingerprint density at radius 2 is 2.14 bits per heavy atom. The zero-order valence-corrected chi connectivity index (χ0v) is 7.80. The van der Waals surface area contributed by atoms with Gasteiger partial charge in [-0.1, -0.05) is 0 Å². The average Bonchev–Trinajstić information content (AvgIpc) is 1.69. The average molecular weight is 300 g/mol. The minimum absolute atomic E-state index is 1.11. The van der Waals surface area contributed by atoms with E-state index < -0.39 is 0 Å². The Balaban J connectivity index is 2.45. The summed E-state index contributed by atoms with van der Waals surface area (Å²) < 4.78 is 0. The molecule has 0 aromatic carbocycles. The maximum atomic E-state index is 2.61. The van der Waals surface area contributed by atoms with Crippen LogP contribution in [-0.4, -0.2) is 6.16 Å². The zero-order chi connectivity index (χ0) is 5.54. The summed E-state index contributed by atoms with van der Waals surface area (Å²) in [5, 5.41) is 0. The molecule has 0 aliphatic carbocycles. The van der Waals surface area contributed by atoms with Crippen LogP contribution in [0, 0.1) is 0 Å². The summed E-state index contributed by atoms with van der Waals surface area (Å²) in [6.07, 6.45) is 5.65. The molecule has 0 heterocycles. The molecule has 1 unspecified atom stereocenters. The van der Waals surface area contributed by atoms with Crippen LogP contribution in [-0.2, 0) is 20.5 Å². The van der Waals surface area contributed by atoms with Crippen molar-refractivity contribution in [2.45, 2.75) is 26.2 Å². The molecule has 0 saturated heterocycles. The van der Waals surface area contributed by atoms with Crippen LogP contribution in [0.1, 0.15) is 26.2 Å². The quantitative estimate of drug-likeness (QED) is 0.425. The number of hydrogen-bond acceptors (Lipinski definition) is 0. The maximum absolute atomic E-state index is 2.61. The summed E-state index contributed by atoms with van der Waals surface area (Å²) in [5.74, 6) is 0. The van der Waals surface area contributed by atoms with Crippen molar-refractivity contribution in [3.05, 3.63) is 0 Å². The molecule has 0 radical (unpaired) electrons. The van der Waals surface area contributed by atoms with Gasteiger partial charge in [-0.2, -0.15) is 0 Å². The molecule has 0 rings (SSSR count). The normalized spacial score (nSPS) is 11.3. The van der Waals surface area contributed by atoms with Gasteiger partial charge in [0.05, 0.1) is 0 Å². The van der Waals surface area contributed by atoms with E-state index in [1.165, 1.54) is 25.4 Å². The van der Waals surface area contributed by atoms with Crippen molar-refractivity contribution in [2.24, 2.45) is 0 Å². The molecule has 0 bridgehead atoms. The van der Waals surface area contributed by atoms with Gasteiger partial charge in [-0.3, -0.25) is 0 Å². The molecule has 2 heteroatoms. The fraction of sp³-hybridized carbons (Fsp3) is 1.00. The van der Waals surface area contributed by atoms with E-state index >= 15 is 0 Å². The van der Waals surface area contributed by atoms with Gasteiger partial charge in [-0.15, -0.1) is 0 Å². The predicted octanol–water partition coefficient (Wildman–Crippen LogP) is 2.32. The molecule has 0 spiro atoms. The van der Waals surface area contributed by atoms with Crippen LogP contribution >= 0.6 is 6.47 Å². The Morgan fingerprint density at radius 3 is 2.57 bits per heavy atom. The molecule has 0 aromatic rings. The van der Waals surface area contributed by atoms with Gasteiger partial charge < -0.3 is 0 Å². The van der Waals surface area contributed by atoms with Crippen LogP contribution in [0.2, 0.25) is 0 Å². The third-order valence-electron chi connectivity index (χ3n) is 0.856. The van der Waals surface area contributed by atoms with E-state index in [1.807, 2.05) is 0 Å². The van der Waals surface area contributed by atoms with Crippen LogP contribution < -0.4 is 0 Å². The van der Waals surface area contributed by atoms with Crippen molar-refractivity contribution >= 4 is 6.47 Å². The van der Waals surface area contributed by atoms with Crippen molar-refractivity contribution in [3.63, 3.8) is 0 Å². The molecule has 48 valence electrons. The SMILES string of the molecule is CCCCC[PH][Au]. The summed E-state index contributed by atoms with van der Waals surface area (Å²) in [4.78, 5) is 0. The second-order valence-electron chi connectivity index (χ2n) is 1.56. The first-order valence-electron chi connectivity index (χ1n) is 2.71. The van der Waals surface area contributed by atoms with Crippen LogP contribution in [0.4, 0.5) is 0 Å². The van der Waals surface area contributed by atoms with Gasteiger partial charge in [0, 0.05) is 0 Å². The summed E-state index contributed by atoms with van der Waals surface area (Å²) in [6.45, 7) is 3.36. The third-order valence-corrected chi connectivity index (χ3v) is 2.98. The van der Waals surface area contributed by atoms with Gasteiger partial charge in [-0.05, 0) is 0 Å². The summed E-state index contributed by atoms with van der Waals surface area (Å²) in [7, 11) is 0. The first-order valence-corrected chi connectivity index (χ1v) is 6.97. The van der Waals surface area contributed by atoms with E-state index in [9.17, 15) is 0 Å². The van der Waals surface area contributed by atoms with E-state index in [2.05, 4.69) is 27.5 Å². The minimum atomic E-state index is 1.11. The molecule has 7 heavy (non-hydrogen) atoms. The molecule has 0 amide bonds. The second kappa shape index (κ2) is 7.17. The molecule has 0 nitrogen and oxygen atoms in total. The van der Waals surface area contributed by atoms with Gasteiger partial charge in [0.25, 0.3) is 0 Å². The zero-order valence-electron chi connectivity index (χ0n) is 4.63. The van der Waals surface area contributed by atoms with Gasteiger partial charge in [-0.25, -0.2) is 0 Å². The topological polar surface area (TPSA) is 0 Å². The van der Waals surface area contributed by atoms with E-state index in [-0.39, 0.29) is 0 Å². The van der Waals surface area contributed by atoms with Crippen LogP contribution in [0.5, 0.6) is 0 Å². The van der Waals surface area contributed by atoms with Crippen LogP contribution in [0.15, 0.2) is 0 Å². The van der Waals surface area contributed by atoms with Crippen molar-refractivity contribution in [1.29, 1.82) is 0 Å². The summed E-state index contributed by atoms with van der Waals surface area (Å²) in [6, 6.07) is 0. The van der Waals surface area contributed by atoms with E-state index in [0.29, 0.717) is 0 Å². The van der Waals surface area contributed by atoms with Crippen molar-refractivity contribution in [3.8, 4) is 0 Å². The first-order chi connectivity index (χ1) is 3.41. The predicted molar refractivity (Wildman–Crippen MR) is 32.7 cm³/mol. The van der Waals surface area contributed by atoms with E-state index in [1.54, 1.807) is 0 Å². The van der Waals surface area contributed by atoms with Crippen molar-refractivity contribution < 1.29 is 20.5 Å². The Bertz CT molecular complexity index is 27.3.